The van der Waals surface area contributed by atoms with E-state index < -0.39 is 11.2 Å². The summed E-state index contributed by atoms with van der Waals surface area (Å²) >= 11 is 0. The van der Waals surface area contributed by atoms with E-state index in [4.69, 9.17) is 0 Å². The van der Waals surface area contributed by atoms with Crippen molar-refractivity contribution in [2.45, 2.75) is 13.5 Å². The van der Waals surface area contributed by atoms with E-state index in [1.54, 1.807) is 36.3 Å². The van der Waals surface area contributed by atoms with Gasteiger partial charge < -0.3 is 0 Å². The van der Waals surface area contributed by atoms with Gasteiger partial charge in [-0.15, -0.1) is 0 Å². The Kier molecular flexibility index (Phi) is 4.53. The number of anilines is 1. The maximum Gasteiger partial charge on any atom is 0.332 e. The van der Waals surface area contributed by atoms with E-state index >= 15 is 0 Å². The zero-order valence-corrected chi connectivity index (χ0v) is 14.8. The van der Waals surface area contributed by atoms with Gasteiger partial charge in [-0.05, 0) is 13.0 Å². The molecule has 0 amide bonds. The molecule has 0 unspecified atom stereocenters. The Morgan fingerprint density at radius 1 is 1.35 bits per heavy atom. The minimum Gasteiger partial charge on any atom is -0.299 e. The first-order valence-corrected chi connectivity index (χ1v) is 7.90. The lowest BCUT2D eigenvalue weighted by Crippen LogP contribution is -2.37. The number of nitrogens with one attached hydrogen (secondary N) is 1. The number of hydrazone groups is 1. The lowest BCUT2D eigenvalue weighted by molar-refractivity contribution is 0.702. The van der Waals surface area contributed by atoms with E-state index in [2.05, 4.69) is 27.1 Å². The van der Waals surface area contributed by atoms with Gasteiger partial charge >= 0.3 is 5.69 Å². The molecule has 0 aliphatic heterocycles. The summed E-state index contributed by atoms with van der Waals surface area (Å²) in [5.41, 5.74) is 4.24. The molecule has 0 atom stereocenters. The molecule has 26 heavy (non-hydrogen) atoms. The van der Waals surface area contributed by atoms with Gasteiger partial charge in [0, 0.05) is 38.6 Å². The topological polar surface area (TPSA) is 99.1 Å². The summed E-state index contributed by atoms with van der Waals surface area (Å²) in [4.78, 5) is 33.1. The first-order chi connectivity index (χ1) is 12.4. The van der Waals surface area contributed by atoms with Crippen molar-refractivity contribution < 1.29 is 0 Å². The summed E-state index contributed by atoms with van der Waals surface area (Å²) in [6, 6.07) is 3.66. The average Bonchev–Trinajstić information content (AvgIpc) is 2.97. The molecule has 0 saturated carbocycles. The maximum absolute atomic E-state index is 12.6. The second-order valence-corrected chi connectivity index (χ2v) is 6.01. The van der Waals surface area contributed by atoms with Gasteiger partial charge in [0.2, 0.25) is 5.95 Å². The summed E-state index contributed by atoms with van der Waals surface area (Å²) in [6.07, 6.45) is 4.93. The van der Waals surface area contributed by atoms with Crippen LogP contribution in [-0.4, -0.2) is 29.9 Å². The Bertz CT molecular complexity index is 1120. The second kappa shape index (κ2) is 6.79. The monoisotopic (exact) mass is 353 g/mol. The predicted octanol–water partition coefficient (Wildman–Crippen LogP) is 0.851. The minimum atomic E-state index is -0.437. The Morgan fingerprint density at radius 2 is 2.12 bits per heavy atom. The molecule has 3 aromatic heterocycles. The summed E-state index contributed by atoms with van der Waals surface area (Å²) in [5.74, 6) is 0.349. The molecule has 0 radical (unpaired) electrons. The normalized spacial score (nSPS) is 11.3. The van der Waals surface area contributed by atoms with Gasteiger partial charge in [-0.1, -0.05) is 18.2 Å². The number of rotatable bonds is 5. The van der Waals surface area contributed by atoms with Crippen LogP contribution in [0.5, 0.6) is 0 Å². The molecule has 0 saturated heterocycles. The molecule has 0 fully saturated rings. The molecular formula is C17H19N7O2. The number of aryl methyl sites for hydroxylation is 1. The molecule has 3 heterocycles. The second-order valence-electron chi connectivity index (χ2n) is 6.01. The van der Waals surface area contributed by atoms with Crippen LogP contribution in [0, 0.1) is 0 Å². The third-order valence-electron chi connectivity index (χ3n) is 3.84. The molecule has 0 aromatic carbocycles. The molecule has 9 heteroatoms. The van der Waals surface area contributed by atoms with Crippen molar-refractivity contribution in [3.63, 3.8) is 0 Å². The molecule has 0 spiro atoms. The number of pyridine rings is 1. The molecule has 1 N–H and O–H groups in total. The van der Waals surface area contributed by atoms with Gasteiger partial charge in [-0.3, -0.25) is 23.5 Å². The Balaban J connectivity index is 2.12. The van der Waals surface area contributed by atoms with Crippen molar-refractivity contribution >= 4 is 23.3 Å². The van der Waals surface area contributed by atoms with Gasteiger partial charge in [0.15, 0.2) is 11.2 Å². The smallest absolute Gasteiger partial charge is 0.299 e. The van der Waals surface area contributed by atoms with Crippen molar-refractivity contribution in [1.82, 2.24) is 23.7 Å². The van der Waals surface area contributed by atoms with Gasteiger partial charge in [0.1, 0.15) is 0 Å². The van der Waals surface area contributed by atoms with Crippen molar-refractivity contribution in [2.24, 2.45) is 19.2 Å². The molecule has 0 bridgehead atoms. The molecule has 9 nitrogen and oxygen atoms in total. The van der Waals surface area contributed by atoms with Crippen LogP contribution in [0.3, 0.4) is 0 Å². The van der Waals surface area contributed by atoms with Crippen LogP contribution < -0.4 is 16.7 Å². The molecular weight excluding hydrogens is 334 g/mol. The lowest BCUT2D eigenvalue weighted by Gasteiger charge is -2.08. The number of fused-ring (bicyclic) bond motifs is 1. The van der Waals surface area contributed by atoms with Crippen LogP contribution in [0.2, 0.25) is 0 Å². The van der Waals surface area contributed by atoms with E-state index in [9.17, 15) is 9.59 Å². The highest BCUT2D eigenvalue weighted by Crippen LogP contribution is 2.17. The summed E-state index contributed by atoms with van der Waals surface area (Å²) in [6.45, 7) is 6.12. The standard InChI is InChI=1S/C17H19N7O2/c1-11(2)10-24-13-14(22(3)17(26)23(4)15(13)25)20-16(24)21-19-9-12-6-5-7-18-8-12/h5-9H,1,10H2,2-4H3,(H,20,21)/b19-9+. The Hall–Kier alpha value is -3.49. The fourth-order valence-corrected chi connectivity index (χ4v) is 2.57. The number of aromatic nitrogens is 5. The number of hydrogen-bond acceptors (Lipinski definition) is 6. The van der Waals surface area contributed by atoms with E-state index in [0.29, 0.717) is 23.7 Å². The van der Waals surface area contributed by atoms with Crippen LogP contribution in [0.1, 0.15) is 12.5 Å². The number of imidazole rings is 1. The van der Waals surface area contributed by atoms with Crippen LogP contribution in [0.15, 0.2) is 51.4 Å². The van der Waals surface area contributed by atoms with Crippen LogP contribution in [-0.2, 0) is 20.6 Å². The largest absolute Gasteiger partial charge is 0.332 e. The highest BCUT2D eigenvalue weighted by molar-refractivity contribution is 5.80. The molecule has 0 aliphatic rings. The highest BCUT2D eigenvalue weighted by Gasteiger charge is 2.18. The SMILES string of the molecule is C=C(C)Cn1c(N/N=C/c2cccnc2)nc2c1c(=O)n(C)c(=O)n2C. The van der Waals surface area contributed by atoms with Crippen molar-refractivity contribution in [3.05, 3.63) is 63.1 Å². The Labute approximate surface area is 148 Å². The van der Waals surface area contributed by atoms with Gasteiger partial charge in [0.05, 0.1) is 6.21 Å². The van der Waals surface area contributed by atoms with E-state index in [1.165, 1.54) is 11.6 Å². The zero-order chi connectivity index (χ0) is 18.8. The quantitative estimate of drug-likeness (QED) is 0.416. The number of nitrogens with zero attached hydrogens (tertiary/aromatic N) is 6. The summed E-state index contributed by atoms with van der Waals surface area (Å²) < 4.78 is 4.06. The molecule has 3 aromatic rings. The molecule has 3 rings (SSSR count). The van der Waals surface area contributed by atoms with Gasteiger partial charge in [-0.2, -0.15) is 10.1 Å². The summed E-state index contributed by atoms with van der Waals surface area (Å²) in [5, 5.41) is 4.16. The van der Waals surface area contributed by atoms with Crippen LogP contribution >= 0.6 is 0 Å². The lowest BCUT2D eigenvalue weighted by atomic mass is 10.3. The number of allylic oxidation sites excluding steroid dienone is 1. The van der Waals surface area contributed by atoms with E-state index in [1.807, 2.05) is 13.0 Å². The third kappa shape index (κ3) is 3.06. The number of hydrogen-bond donors (Lipinski definition) is 1. The van der Waals surface area contributed by atoms with Crippen molar-refractivity contribution in [3.8, 4) is 0 Å². The summed E-state index contributed by atoms with van der Waals surface area (Å²) in [7, 11) is 3.01. The van der Waals surface area contributed by atoms with E-state index in [-0.39, 0.29) is 0 Å². The molecule has 0 aliphatic carbocycles. The predicted molar refractivity (Wildman–Crippen MR) is 100 cm³/mol. The van der Waals surface area contributed by atoms with Gasteiger partial charge in [-0.25, -0.2) is 10.2 Å². The first-order valence-electron chi connectivity index (χ1n) is 7.90. The minimum absolute atomic E-state index is 0.290. The first kappa shape index (κ1) is 17.3. The average molecular weight is 353 g/mol. The van der Waals surface area contributed by atoms with Crippen molar-refractivity contribution in [1.29, 1.82) is 0 Å². The fourth-order valence-electron chi connectivity index (χ4n) is 2.57. The van der Waals surface area contributed by atoms with E-state index in [0.717, 1.165) is 15.7 Å². The zero-order valence-electron chi connectivity index (χ0n) is 14.8. The fraction of sp³-hybridized carbons (Fsp3) is 0.235. The Morgan fingerprint density at radius 3 is 2.77 bits per heavy atom. The highest BCUT2D eigenvalue weighted by atomic mass is 16.2. The van der Waals surface area contributed by atoms with Crippen LogP contribution in [0.25, 0.3) is 11.2 Å². The van der Waals surface area contributed by atoms with Crippen LogP contribution in [0.4, 0.5) is 5.95 Å². The molecule has 134 valence electrons. The third-order valence-corrected chi connectivity index (χ3v) is 3.84. The van der Waals surface area contributed by atoms with Crippen molar-refractivity contribution in [2.75, 3.05) is 5.43 Å². The maximum atomic E-state index is 12.6. The van der Waals surface area contributed by atoms with Gasteiger partial charge in [0.25, 0.3) is 5.56 Å².